The van der Waals surface area contributed by atoms with Crippen molar-refractivity contribution in [3.05, 3.63) is 28.8 Å². The second-order valence-corrected chi connectivity index (χ2v) is 7.75. The van der Waals surface area contributed by atoms with Gasteiger partial charge in [0.25, 0.3) is 0 Å². The third kappa shape index (κ3) is 3.52. The standard InChI is InChI=1S/C14H21ClN2O2S/c1-14(7-3-2-4-8-14)17-20(18,19)13-9-11(10-16)5-6-12(13)15/h5-6,9,17H,2-4,7-8,10,16H2,1H3. The predicted molar refractivity (Wildman–Crippen MR) is 81.2 cm³/mol. The fourth-order valence-electron chi connectivity index (χ4n) is 2.69. The molecule has 3 N–H and O–H groups in total. The van der Waals surface area contributed by atoms with Gasteiger partial charge in [0.15, 0.2) is 0 Å². The lowest BCUT2D eigenvalue weighted by Gasteiger charge is -2.34. The van der Waals surface area contributed by atoms with E-state index < -0.39 is 10.0 Å². The molecule has 0 unspecified atom stereocenters. The zero-order valence-electron chi connectivity index (χ0n) is 11.7. The fraction of sp³-hybridized carbons (Fsp3) is 0.571. The van der Waals surface area contributed by atoms with Gasteiger partial charge in [-0.2, -0.15) is 0 Å². The Hall–Kier alpha value is -0.620. The highest BCUT2D eigenvalue weighted by molar-refractivity contribution is 7.89. The molecule has 0 spiro atoms. The Labute approximate surface area is 125 Å². The number of halogens is 1. The predicted octanol–water partition coefficient (Wildman–Crippen LogP) is 2.80. The molecule has 0 aromatic heterocycles. The Bertz CT molecular complexity index is 581. The monoisotopic (exact) mass is 316 g/mol. The Kier molecular flexibility index (Phi) is 4.74. The van der Waals surface area contributed by atoms with Crippen LogP contribution in [0.5, 0.6) is 0 Å². The first-order chi connectivity index (χ1) is 9.36. The van der Waals surface area contributed by atoms with E-state index in [1.165, 1.54) is 6.42 Å². The maximum absolute atomic E-state index is 12.6. The van der Waals surface area contributed by atoms with E-state index in [0.717, 1.165) is 31.2 Å². The van der Waals surface area contributed by atoms with Crippen LogP contribution in [0.3, 0.4) is 0 Å². The van der Waals surface area contributed by atoms with Gasteiger partial charge in [-0.25, -0.2) is 13.1 Å². The van der Waals surface area contributed by atoms with E-state index in [1.54, 1.807) is 18.2 Å². The molecule has 6 heteroatoms. The molecule has 0 atom stereocenters. The van der Waals surface area contributed by atoms with Crippen molar-refractivity contribution in [2.45, 2.75) is 56.0 Å². The van der Waals surface area contributed by atoms with E-state index in [1.807, 2.05) is 6.92 Å². The highest BCUT2D eigenvalue weighted by Gasteiger charge is 2.32. The lowest BCUT2D eigenvalue weighted by molar-refractivity contribution is 0.294. The van der Waals surface area contributed by atoms with Crippen LogP contribution in [-0.4, -0.2) is 14.0 Å². The summed E-state index contributed by atoms with van der Waals surface area (Å²) in [5.74, 6) is 0. The van der Waals surface area contributed by atoms with Crippen LogP contribution in [0.1, 0.15) is 44.6 Å². The van der Waals surface area contributed by atoms with Crippen LogP contribution in [-0.2, 0) is 16.6 Å². The minimum Gasteiger partial charge on any atom is -0.326 e. The molecule has 1 aliphatic carbocycles. The molecule has 0 bridgehead atoms. The number of rotatable bonds is 4. The van der Waals surface area contributed by atoms with Crippen molar-refractivity contribution in [3.63, 3.8) is 0 Å². The van der Waals surface area contributed by atoms with Crippen LogP contribution in [0.25, 0.3) is 0 Å². The smallest absolute Gasteiger partial charge is 0.242 e. The normalized spacial score (nSPS) is 18.9. The van der Waals surface area contributed by atoms with Gasteiger partial charge in [-0.15, -0.1) is 0 Å². The molecule has 0 amide bonds. The second kappa shape index (κ2) is 6.02. The molecule has 112 valence electrons. The van der Waals surface area contributed by atoms with Crippen molar-refractivity contribution in [1.82, 2.24) is 4.72 Å². The number of benzene rings is 1. The summed E-state index contributed by atoms with van der Waals surface area (Å²) < 4.78 is 27.9. The lowest BCUT2D eigenvalue weighted by atomic mass is 9.84. The molecule has 0 saturated heterocycles. The second-order valence-electron chi connectivity index (χ2n) is 5.70. The lowest BCUT2D eigenvalue weighted by Crippen LogP contribution is -2.47. The summed E-state index contributed by atoms with van der Waals surface area (Å²) >= 11 is 6.04. The highest BCUT2D eigenvalue weighted by atomic mass is 35.5. The maximum atomic E-state index is 12.6. The topological polar surface area (TPSA) is 72.2 Å². The van der Waals surface area contributed by atoms with Gasteiger partial charge in [0, 0.05) is 12.1 Å². The number of nitrogens with one attached hydrogen (secondary N) is 1. The number of nitrogens with two attached hydrogens (primary N) is 1. The zero-order chi connectivity index (χ0) is 14.8. The summed E-state index contributed by atoms with van der Waals surface area (Å²) in [6, 6.07) is 4.88. The molecule has 20 heavy (non-hydrogen) atoms. The van der Waals surface area contributed by atoms with Gasteiger partial charge in [0.1, 0.15) is 4.90 Å². The van der Waals surface area contributed by atoms with Crippen molar-refractivity contribution < 1.29 is 8.42 Å². The summed E-state index contributed by atoms with van der Waals surface area (Å²) in [5.41, 5.74) is 5.94. The summed E-state index contributed by atoms with van der Waals surface area (Å²) in [7, 11) is -3.62. The average molecular weight is 317 g/mol. The van der Waals surface area contributed by atoms with E-state index in [0.29, 0.717) is 0 Å². The molecule has 1 aromatic carbocycles. The third-order valence-corrected chi connectivity index (χ3v) is 5.98. The Balaban J connectivity index is 2.30. The van der Waals surface area contributed by atoms with E-state index in [2.05, 4.69) is 4.72 Å². The van der Waals surface area contributed by atoms with Crippen molar-refractivity contribution in [1.29, 1.82) is 0 Å². The number of hydrogen-bond donors (Lipinski definition) is 2. The van der Waals surface area contributed by atoms with E-state index in [4.69, 9.17) is 17.3 Å². The van der Waals surface area contributed by atoms with Crippen LogP contribution in [0.2, 0.25) is 5.02 Å². The Morgan fingerprint density at radius 1 is 1.30 bits per heavy atom. The largest absolute Gasteiger partial charge is 0.326 e. The first-order valence-electron chi connectivity index (χ1n) is 6.89. The van der Waals surface area contributed by atoms with Gasteiger partial charge >= 0.3 is 0 Å². The number of hydrogen-bond acceptors (Lipinski definition) is 3. The fourth-order valence-corrected chi connectivity index (χ4v) is 4.71. The summed E-state index contributed by atoms with van der Waals surface area (Å²) in [6.07, 6.45) is 4.99. The molecule has 2 rings (SSSR count). The molecule has 0 aliphatic heterocycles. The molecule has 1 aliphatic rings. The molecule has 1 fully saturated rings. The quantitative estimate of drug-likeness (QED) is 0.897. The first-order valence-corrected chi connectivity index (χ1v) is 8.75. The molecular weight excluding hydrogens is 296 g/mol. The molecule has 1 aromatic rings. The minimum atomic E-state index is -3.62. The van der Waals surface area contributed by atoms with Crippen LogP contribution in [0, 0.1) is 0 Å². The molecule has 0 heterocycles. The molecule has 1 saturated carbocycles. The molecule has 0 radical (unpaired) electrons. The van der Waals surface area contributed by atoms with Gasteiger partial charge in [-0.1, -0.05) is 36.9 Å². The maximum Gasteiger partial charge on any atom is 0.242 e. The number of sulfonamides is 1. The van der Waals surface area contributed by atoms with Crippen molar-refractivity contribution >= 4 is 21.6 Å². The van der Waals surface area contributed by atoms with Crippen LogP contribution in [0.4, 0.5) is 0 Å². The summed E-state index contributed by atoms with van der Waals surface area (Å²) in [4.78, 5) is 0.119. The van der Waals surface area contributed by atoms with Crippen LogP contribution in [0.15, 0.2) is 23.1 Å². The average Bonchev–Trinajstić information content (AvgIpc) is 2.38. The molecule has 4 nitrogen and oxygen atoms in total. The van der Waals surface area contributed by atoms with Gasteiger partial charge < -0.3 is 5.73 Å². The third-order valence-electron chi connectivity index (χ3n) is 3.86. The van der Waals surface area contributed by atoms with Crippen molar-refractivity contribution in [2.75, 3.05) is 0 Å². The van der Waals surface area contributed by atoms with Gasteiger partial charge in [-0.05, 0) is 37.5 Å². The van der Waals surface area contributed by atoms with Gasteiger partial charge in [-0.3, -0.25) is 0 Å². The Morgan fingerprint density at radius 3 is 2.55 bits per heavy atom. The Morgan fingerprint density at radius 2 is 1.95 bits per heavy atom. The van der Waals surface area contributed by atoms with Crippen molar-refractivity contribution in [3.8, 4) is 0 Å². The minimum absolute atomic E-state index is 0.119. The SMILES string of the molecule is CC1(NS(=O)(=O)c2cc(CN)ccc2Cl)CCCCC1. The van der Waals surface area contributed by atoms with Crippen LogP contribution < -0.4 is 10.5 Å². The van der Waals surface area contributed by atoms with E-state index >= 15 is 0 Å². The van der Waals surface area contributed by atoms with Gasteiger partial charge in [0.2, 0.25) is 10.0 Å². The first kappa shape index (κ1) is 15.8. The van der Waals surface area contributed by atoms with Gasteiger partial charge in [0.05, 0.1) is 5.02 Å². The van der Waals surface area contributed by atoms with E-state index in [-0.39, 0.29) is 22.0 Å². The van der Waals surface area contributed by atoms with Crippen LogP contribution >= 0.6 is 11.6 Å². The van der Waals surface area contributed by atoms with E-state index in [9.17, 15) is 8.42 Å². The van der Waals surface area contributed by atoms with Crippen molar-refractivity contribution in [2.24, 2.45) is 5.73 Å². The zero-order valence-corrected chi connectivity index (χ0v) is 13.2. The molecular formula is C14H21ClN2O2S. The summed E-state index contributed by atoms with van der Waals surface area (Å²) in [6.45, 7) is 2.25. The summed E-state index contributed by atoms with van der Waals surface area (Å²) in [5, 5.41) is 0.231. The highest BCUT2D eigenvalue weighted by Crippen LogP contribution is 2.31.